The standard InChI is InChI=1S/C29H31N3O2/c1-31(19-10-20-34-28-17-8-16-27-26(28)15-9-18-30-27)23-29(33)32(21-24-11-4-2-5-12-24)22-25-13-6-3-7-14-25/h2-9,11-18H,10,19-23H2,1H3. The Morgan fingerprint density at radius 1 is 0.824 bits per heavy atom. The van der Waals surface area contributed by atoms with Gasteiger partial charge in [0.15, 0.2) is 0 Å². The van der Waals surface area contributed by atoms with Gasteiger partial charge < -0.3 is 9.64 Å². The summed E-state index contributed by atoms with van der Waals surface area (Å²) in [5.41, 5.74) is 3.19. The number of benzene rings is 3. The van der Waals surface area contributed by atoms with Gasteiger partial charge in [0.25, 0.3) is 0 Å². The van der Waals surface area contributed by atoms with Crippen LogP contribution in [-0.4, -0.2) is 47.4 Å². The first kappa shape index (κ1) is 23.5. The van der Waals surface area contributed by atoms with Crippen LogP contribution in [0.5, 0.6) is 5.75 Å². The maximum absolute atomic E-state index is 13.2. The first-order valence-electron chi connectivity index (χ1n) is 11.7. The van der Waals surface area contributed by atoms with Crippen LogP contribution in [0.1, 0.15) is 17.5 Å². The maximum Gasteiger partial charge on any atom is 0.237 e. The molecule has 0 atom stereocenters. The largest absolute Gasteiger partial charge is 0.493 e. The van der Waals surface area contributed by atoms with Crippen molar-refractivity contribution in [3.8, 4) is 5.75 Å². The third kappa shape index (κ3) is 6.65. The van der Waals surface area contributed by atoms with Crippen LogP contribution in [0.3, 0.4) is 0 Å². The van der Waals surface area contributed by atoms with E-state index >= 15 is 0 Å². The number of carbonyl (C=O) groups excluding carboxylic acids is 1. The SMILES string of the molecule is CN(CCCOc1cccc2ncccc12)CC(=O)N(Cc1ccccc1)Cc1ccccc1. The number of fused-ring (bicyclic) bond motifs is 1. The second-order valence-corrected chi connectivity index (χ2v) is 8.49. The van der Waals surface area contributed by atoms with E-state index in [4.69, 9.17) is 4.74 Å². The molecule has 0 fully saturated rings. The van der Waals surface area contributed by atoms with Crippen molar-refractivity contribution >= 4 is 16.8 Å². The molecule has 1 aromatic heterocycles. The van der Waals surface area contributed by atoms with Gasteiger partial charge in [-0.3, -0.25) is 14.7 Å². The summed E-state index contributed by atoms with van der Waals surface area (Å²) in [6.07, 6.45) is 2.62. The molecule has 174 valence electrons. The molecule has 0 spiro atoms. The van der Waals surface area contributed by atoms with E-state index < -0.39 is 0 Å². The zero-order valence-corrected chi connectivity index (χ0v) is 19.6. The highest BCUT2D eigenvalue weighted by Crippen LogP contribution is 2.23. The topological polar surface area (TPSA) is 45.7 Å². The molecule has 0 bridgehead atoms. The average Bonchev–Trinajstić information content (AvgIpc) is 2.87. The number of nitrogens with zero attached hydrogens (tertiary/aromatic N) is 3. The van der Waals surface area contributed by atoms with Crippen LogP contribution in [0.15, 0.2) is 97.2 Å². The molecule has 4 aromatic rings. The zero-order chi connectivity index (χ0) is 23.6. The van der Waals surface area contributed by atoms with Crippen LogP contribution >= 0.6 is 0 Å². The summed E-state index contributed by atoms with van der Waals surface area (Å²) in [4.78, 5) is 21.6. The van der Waals surface area contributed by atoms with Crippen molar-refractivity contribution in [2.24, 2.45) is 0 Å². The van der Waals surface area contributed by atoms with Crippen LogP contribution < -0.4 is 4.74 Å². The fourth-order valence-corrected chi connectivity index (χ4v) is 3.97. The van der Waals surface area contributed by atoms with Gasteiger partial charge in [-0.1, -0.05) is 66.7 Å². The van der Waals surface area contributed by atoms with E-state index in [1.807, 2.05) is 78.7 Å². The maximum atomic E-state index is 13.2. The second kappa shape index (κ2) is 12.0. The van der Waals surface area contributed by atoms with Crippen LogP contribution in [0.25, 0.3) is 10.9 Å². The van der Waals surface area contributed by atoms with Crippen molar-refractivity contribution in [2.75, 3.05) is 26.7 Å². The van der Waals surface area contributed by atoms with Crippen LogP contribution in [-0.2, 0) is 17.9 Å². The van der Waals surface area contributed by atoms with Gasteiger partial charge in [0, 0.05) is 31.2 Å². The quantitative estimate of drug-likeness (QED) is 0.294. The minimum atomic E-state index is 0.122. The molecule has 34 heavy (non-hydrogen) atoms. The molecule has 5 heteroatoms. The normalized spacial score (nSPS) is 11.0. The van der Waals surface area contributed by atoms with E-state index in [-0.39, 0.29) is 5.91 Å². The van der Waals surface area contributed by atoms with Crippen LogP contribution in [0, 0.1) is 0 Å². The van der Waals surface area contributed by atoms with E-state index in [9.17, 15) is 4.79 Å². The fourth-order valence-electron chi connectivity index (χ4n) is 3.97. The van der Waals surface area contributed by atoms with Gasteiger partial charge in [0.2, 0.25) is 5.91 Å². The molecule has 0 radical (unpaired) electrons. The molecule has 5 nitrogen and oxygen atoms in total. The molecule has 0 saturated heterocycles. The number of carbonyl (C=O) groups is 1. The molecule has 0 N–H and O–H groups in total. The Labute approximate surface area is 201 Å². The Bertz CT molecular complexity index is 1130. The number of likely N-dealkylation sites (N-methyl/N-ethyl adjacent to an activating group) is 1. The molecule has 4 rings (SSSR count). The molecule has 0 unspecified atom stereocenters. The lowest BCUT2D eigenvalue weighted by Crippen LogP contribution is -2.38. The number of amides is 1. The van der Waals surface area contributed by atoms with E-state index in [0.29, 0.717) is 26.2 Å². The minimum absolute atomic E-state index is 0.122. The molecule has 3 aromatic carbocycles. The number of aromatic nitrogens is 1. The Morgan fingerprint density at radius 3 is 2.18 bits per heavy atom. The van der Waals surface area contributed by atoms with Gasteiger partial charge in [-0.15, -0.1) is 0 Å². The fraction of sp³-hybridized carbons (Fsp3) is 0.241. The predicted octanol–water partition coefficient (Wildman–Crippen LogP) is 5.16. The smallest absolute Gasteiger partial charge is 0.237 e. The van der Waals surface area contributed by atoms with Gasteiger partial charge in [0.05, 0.1) is 18.7 Å². The zero-order valence-electron chi connectivity index (χ0n) is 19.6. The van der Waals surface area contributed by atoms with Gasteiger partial charge in [0.1, 0.15) is 5.75 Å². The summed E-state index contributed by atoms with van der Waals surface area (Å²) in [5.74, 6) is 0.970. The number of hydrogen-bond acceptors (Lipinski definition) is 4. The van der Waals surface area contributed by atoms with E-state index in [1.54, 1.807) is 6.20 Å². The number of pyridine rings is 1. The minimum Gasteiger partial charge on any atom is -0.493 e. The Morgan fingerprint density at radius 2 is 1.50 bits per heavy atom. The van der Waals surface area contributed by atoms with Crippen molar-refractivity contribution in [1.29, 1.82) is 0 Å². The second-order valence-electron chi connectivity index (χ2n) is 8.49. The van der Waals surface area contributed by atoms with E-state index in [1.165, 1.54) is 0 Å². The molecule has 1 amide bonds. The number of ether oxygens (including phenoxy) is 1. The van der Waals surface area contributed by atoms with Gasteiger partial charge >= 0.3 is 0 Å². The Hall–Kier alpha value is -3.70. The molecular weight excluding hydrogens is 422 g/mol. The number of rotatable bonds is 11. The molecule has 0 aliphatic heterocycles. The first-order valence-corrected chi connectivity index (χ1v) is 11.7. The van der Waals surface area contributed by atoms with Crippen molar-refractivity contribution < 1.29 is 9.53 Å². The predicted molar refractivity (Wildman–Crippen MR) is 136 cm³/mol. The summed E-state index contributed by atoms with van der Waals surface area (Å²) in [5, 5.41) is 1.02. The summed E-state index contributed by atoms with van der Waals surface area (Å²) in [6.45, 7) is 2.93. The lowest BCUT2D eigenvalue weighted by Gasteiger charge is -2.26. The summed E-state index contributed by atoms with van der Waals surface area (Å²) < 4.78 is 6.02. The molecule has 0 aliphatic carbocycles. The van der Waals surface area contributed by atoms with Crippen molar-refractivity contribution in [2.45, 2.75) is 19.5 Å². The van der Waals surface area contributed by atoms with Crippen molar-refractivity contribution in [3.05, 3.63) is 108 Å². The van der Waals surface area contributed by atoms with E-state index in [2.05, 4.69) is 34.1 Å². The highest BCUT2D eigenvalue weighted by molar-refractivity contribution is 5.84. The highest BCUT2D eigenvalue weighted by atomic mass is 16.5. The lowest BCUT2D eigenvalue weighted by molar-refractivity contribution is -0.133. The molecular formula is C29H31N3O2. The first-order chi connectivity index (χ1) is 16.7. The van der Waals surface area contributed by atoms with Crippen LogP contribution in [0.2, 0.25) is 0 Å². The molecule has 0 saturated carbocycles. The third-order valence-electron chi connectivity index (χ3n) is 5.74. The Kier molecular flexibility index (Phi) is 8.25. The van der Waals surface area contributed by atoms with E-state index in [0.717, 1.165) is 40.7 Å². The summed E-state index contributed by atoms with van der Waals surface area (Å²) in [7, 11) is 1.99. The summed E-state index contributed by atoms with van der Waals surface area (Å²) in [6, 6.07) is 30.2. The highest BCUT2D eigenvalue weighted by Gasteiger charge is 2.16. The molecule has 1 heterocycles. The third-order valence-corrected chi connectivity index (χ3v) is 5.74. The summed E-state index contributed by atoms with van der Waals surface area (Å²) >= 11 is 0. The van der Waals surface area contributed by atoms with Gasteiger partial charge in [-0.2, -0.15) is 0 Å². The Balaban J connectivity index is 1.29. The van der Waals surface area contributed by atoms with Gasteiger partial charge in [-0.25, -0.2) is 0 Å². The average molecular weight is 454 g/mol. The van der Waals surface area contributed by atoms with Crippen molar-refractivity contribution in [3.63, 3.8) is 0 Å². The van der Waals surface area contributed by atoms with Crippen molar-refractivity contribution in [1.82, 2.24) is 14.8 Å². The molecule has 0 aliphatic rings. The number of hydrogen-bond donors (Lipinski definition) is 0. The van der Waals surface area contributed by atoms with Crippen LogP contribution in [0.4, 0.5) is 0 Å². The van der Waals surface area contributed by atoms with Gasteiger partial charge in [-0.05, 0) is 48.9 Å². The monoisotopic (exact) mass is 453 g/mol. The lowest BCUT2D eigenvalue weighted by atomic mass is 10.1.